The zero-order chi connectivity index (χ0) is 13.8. The maximum Gasteiger partial charge on any atom is 0.331 e. The van der Waals surface area contributed by atoms with E-state index in [1.807, 2.05) is 26.0 Å². The second-order valence-electron chi connectivity index (χ2n) is 4.16. The van der Waals surface area contributed by atoms with Crippen molar-refractivity contribution in [3.05, 3.63) is 27.7 Å². The van der Waals surface area contributed by atoms with E-state index in [1.165, 1.54) is 0 Å². The van der Waals surface area contributed by atoms with E-state index in [2.05, 4.69) is 21.2 Å². The van der Waals surface area contributed by atoms with Crippen molar-refractivity contribution < 1.29 is 9.53 Å². The van der Waals surface area contributed by atoms with Crippen molar-refractivity contribution in [3.8, 4) is 0 Å². The summed E-state index contributed by atoms with van der Waals surface area (Å²) in [5, 5.41) is 3.83. The molecule has 0 spiro atoms. The second-order valence-corrected chi connectivity index (χ2v) is 5.42. The van der Waals surface area contributed by atoms with Gasteiger partial charge in [0.15, 0.2) is 0 Å². The topological polar surface area (TPSA) is 38.3 Å². The summed E-state index contributed by atoms with van der Waals surface area (Å²) >= 11 is 9.29. The molecule has 0 heterocycles. The van der Waals surface area contributed by atoms with Gasteiger partial charge in [0.1, 0.15) is 5.54 Å². The lowest BCUT2D eigenvalue weighted by Gasteiger charge is -2.28. The molecule has 1 rings (SSSR count). The molecule has 1 unspecified atom stereocenters. The maximum atomic E-state index is 11.9. The summed E-state index contributed by atoms with van der Waals surface area (Å²) in [5.41, 5.74) is 0.0900. The number of esters is 1. The van der Waals surface area contributed by atoms with Gasteiger partial charge in [-0.3, -0.25) is 0 Å². The van der Waals surface area contributed by atoms with E-state index in [-0.39, 0.29) is 5.97 Å². The van der Waals surface area contributed by atoms with Crippen LogP contribution in [0.4, 0.5) is 5.69 Å². The first-order valence-corrected chi connectivity index (χ1v) is 7.00. The number of ether oxygens (including phenoxy) is 1. The number of halogens is 2. The number of hydrogen-bond acceptors (Lipinski definition) is 3. The van der Waals surface area contributed by atoms with Crippen molar-refractivity contribution in [1.29, 1.82) is 0 Å². The van der Waals surface area contributed by atoms with Crippen LogP contribution in [0.3, 0.4) is 0 Å². The van der Waals surface area contributed by atoms with Gasteiger partial charge < -0.3 is 10.1 Å². The number of hydrogen-bond donors (Lipinski definition) is 1. The molecule has 1 aromatic rings. The predicted octanol–water partition coefficient (Wildman–Crippen LogP) is 4.25. The van der Waals surface area contributed by atoms with Crippen LogP contribution in [0.25, 0.3) is 0 Å². The monoisotopic (exact) mass is 333 g/mol. The Morgan fingerprint density at radius 2 is 2.17 bits per heavy atom. The highest BCUT2D eigenvalue weighted by Crippen LogP contribution is 2.28. The minimum Gasteiger partial charge on any atom is -0.464 e. The van der Waals surface area contributed by atoms with E-state index in [0.29, 0.717) is 18.1 Å². The Balaban J connectivity index is 2.91. The summed E-state index contributed by atoms with van der Waals surface area (Å²) in [6, 6.07) is 5.45. The maximum absolute atomic E-state index is 11.9. The van der Waals surface area contributed by atoms with E-state index in [1.54, 1.807) is 13.0 Å². The van der Waals surface area contributed by atoms with Gasteiger partial charge in [0.05, 0.1) is 11.6 Å². The third-order valence-electron chi connectivity index (χ3n) is 2.77. The van der Waals surface area contributed by atoms with E-state index in [0.717, 1.165) is 10.2 Å². The average molecular weight is 335 g/mol. The molecule has 5 heteroatoms. The van der Waals surface area contributed by atoms with Crippen LogP contribution in [0.5, 0.6) is 0 Å². The first kappa shape index (κ1) is 15.3. The van der Waals surface area contributed by atoms with E-state index in [9.17, 15) is 4.79 Å². The highest BCUT2D eigenvalue weighted by atomic mass is 79.9. The summed E-state index contributed by atoms with van der Waals surface area (Å²) in [5.74, 6) is -0.251. The van der Waals surface area contributed by atoms with Crippen LogP contribution in [0, 0.1) is 0 Å². The third-order valence-corrected chi connectivity index (χ3v) is 3.99. The van der Waals surface area contributed by atoms with Crippen molar-refractivity contribution in [1.82, 2.24) is 0 Å². The lowest BCUT2D eigenvalue weighted by atomic mass is 9.98. The van der Waals surface area contributed by atoms with Gasteiger partial charge in [-0.25, -0.2) is 4.79 Å². The summed E-state index contributed by atoms with van der Waals surface area (Å²) in [6.07, 6.45) is 0.631. The molecule has 1 aromatic carbocycles. The van der Waals surface area contributed by atoms with Crippen LogP contribution in [-0.4, -0.2) is 18.1 Å². The molecule has 0 radical (unpaired) electrons. The Morgan fingerprint density at radius 1 is 1.50 bits per heavy atom. The first-order valence-electron chi connectivity index (χ1n) is 5.83. The zero-order valence-electron chi connectivity index (χ0n) is 10.7. The number of benzene rings is 1. The number of rotatable bonds is 5. The number of carbonyl (C=O) groups is 1. The Morgan fingerprint density at radius 3 is 2.67 bits per heavy atom. The largest absolute Gasteiger partial charge is 0.464 e. The van der Waals surface area contributed by atoms with Crippen LogP contribution >= 0.6 is 27.5 Å². The first-order chi connectivity index (χ1) is 8.42. The minimum atomic E-state index is -0.733. The van der Waals surface area contributed by atoms with E-state index < -0.39 is 5.54 Å². The lowest BCUT2D eigenvalue weighted by Crippen LogP contribution is -2.44. The quantitative estimate of drug-likeness (QED) is 0.818. The zero-order valence-corrected chi connectivity index (χ0v) is 13.1. The normalized spacial score (nSPS) is 13.8. The molecule has 100 valence electrons. The van der Waals surface area contributed by atoms with Gasteiger partial charge in [0, 0.05) is 10.2 Å². The molecule has 18 heavy (non-hydrogen) atoms. The summed E-state index contributed by atoms with van der Waals surface area (Å²) < 4.78 is 5.87. The molecular weight excluding hydrogens is 318 g/mol. The summed E-state index contributed by atoms with van der Waals surface area (Å²) in [7, 11) is 0. The van der Waals surface area contributed by atoms with Gasteiger partial charge in [-0.15, -0.1) is 0 Å². The smallest absolute Gasteiger partial charge is 0.331 e. The summed E-state index contributed by atoms with van der Waals surface area (Å²) in [6.45, 7) is 5.94. The minimum absolute atomic E-state index is 0.251. The van der Waals surface area contributed by atoms with Crippen LogP contribution in [0.15, 0.2) is 22.7 Å². The Kier molecular flexibility index (Phi) is 5.47. The molecule has 0 aliphatic rings. The summed E-state index contributed by atoms with van der Waals surface area (Å²) in [4.78, 5) is 11.9. The molecule has 0 bridgehead atoms. The van der Waals surface area contributed by atoms with Gasteiger partial charge in [-0.05, 0) is 54.4 Å². The van der Waals surface area contributed by atoms with Crippen LogP contribution < -0.4 is 5.32 Å². The fraction of sp³-hybridized carbons (Fsp3) is 0.462. The van der Waals surface area contributed by atoms with Crippen LogP contribution in [0.1, 0.15) is 27.2 Å². The predicted molar refractivity (Wildman–Crippen MR) is 78.1 cm³/mol. The fourth-order valence-corrected chi connectivity index (χ4v) is 1.96. The second kappa shape index (κ2) is 6.43. The molecule has 1 atom stereocenters. The number of nitrogens with one attached hydrogen (secondary N) is 1. The molecule has 0 saturated carbocycles. The van der Waals surface area contributed by atoms with Crippen LogP contribution in [0.2, 0.25) is 5.02 Å². The molecule has 1 N–H and O–H groups in total. The van der Waals surface area contributed by atoms with Crippen LogP contribution in [-0.2, 0) is 9.53 Å². The Bertz CT molecular complexity index is 439. The highest BCUT2D eigenvalue weighted by Gasteiger charge is 2.32. The molecule has 3 nitrogen and oxygen atoms in total. The number of anilines is 1. The molecule has 0 amide bonds. The van der Waals surface area contributed by atoms with Crippen molar-refractivity contribution >= 4 is 39.2 Å². The standard InChI is InChI=1S/C13H17BrClNO2/c1-4-13(3,12(17)18-5-2)16-9-6-7-11(15)10(14)8-9/h6-8,16H,4-5H2,1-3H3. The Hall–Kier alpha value is -0.740. The van der Waals surface area contributed by atoms with Crippen molar-refractivity contribution in [2.45, 2.75) is 32.7 Å². The van der Waals surface area contributed by atoms with E-state index in [4.69, 9.17) is 16.3 Å². The molecule has 0 saturated heterocycles. The molecule has 0 aromatic heterocycles. The molecule has 0 aliphatic carbocycles. The average Bonchev–Trinajstić information content (AvgIpc) is 2.34. The molecular formula is C13H17BrClNO2. The fourth-order valence-electron chi connectivity index (χ4n) is 1.47. The van der Waals surface area contributed by atoms with Crippen molar-refractivity contribution in [2.24, 2.45) is 0 Å². The van der Waals surface area contributed by atoms with Crippen molar-refractivity contribution in [2.75, 3.05) is 11.9 Å². The highest BCUT2D eigenvalue weighted by molar-refractivity contribution is 9.10. The molecule has 0 aliphatic heterocycles. The molecule has 0 fully saturated rings. The van der Waals surface area contributed by atoms with E-state index >= 15 is 0 Å². The van der Waals surface area contributed by atoms with Gasteiger partial charge in [-0.1, -0.05) is 18.5 Å². The van der Waals surface area contributed by atoms with Gasteiger partial charge in [-0.2, -0.15) is 0 Å². The van der Waals surface area contributed by atoms with Gasteiger partial charge >= 0.3 is 5.97 Å². The number of carbonyl (C=O) groups excluding carboxylic acids is 1. The third kappa shape index (κ3) is 3.62. The lowest BCUT2D eigenvalue weighted by molar-refractivity contribution is -0.148. The van der Waals surface area contributed by atoms with Gasteiger partial charge in [0.25, 0.3) is 0 Å². The SMILES string of the molecule is CCOC(=O)C(C)(CC)Nc1ccc(Cl)c(Br)c1. The van der Waals surface area contributed by atoms with Gasteiger partial charge in [0.2, 0.25) is 0 Å². The Labute approximate surface area is 121 Å². The van der Waals surface area contributed by atoms with Crippen molar-refractivity contribution in [3.63, 3.8) is 0 Å².